The van der Waals surface area contributed by atoms with E-state index in [1.807, 2.05) is 71.5 Å². The van der Waals surface area contributed by atoms with E-state index >= 15 is 0 Å². The van der Waals surface area contributed by atoms with E-state index in [1.54, 1.807) is 0 Å². The molecule has 0 spiro atoms. The predicted molar refractivity (Wildman–Crippen MR) is 152 cm³/mol. The van der Waals surface area contributed by atoms with Gasteiger partial charge >= 0.3 is 5.97 Å². The molecule has 0 saturated heterocycles. The smallest absolute Gasteiger partial charge is 0.341 e. The number of methoxy groups -OCH3 is 1. The normalized spacial score (nSPS) is 10.8. The number of carbonyl (C=O) groups excluding carboxylic acids is 2. The van der Waals surface area contributed by atoms with Crippen molar-refractivity contribution in [2.75, 3.05) is 24.8 Å². The van der Waals surface area contributed by atoms with Crippen LogP contribution in [0.2, 0.25) is 0 Å². The molecule has 0 bridgehead atoms. The number of anilines is 1. The Kier molecular flexibility index (Phi) is 9.56. The molecule has 2 heterocycles. The van der Waals surface area contributed by atoms with Gasteiger partial charge in [-0.25, -0.2) is 4.79 Å². The van der Waals surface area contributed by atoms with Gasteiger partial charge in [0.05, 0.1) is 19.5 Å². The fourth-order valence-corrected chi connectivity index (χ4v) is 5.58. The lowest BCUT2D eigenvalue weighted by molar-refractivity contribution is -0.113. The summed E-state index contributed by atoms with van der Waals surface area (Å²) in [7, 11) is 1.33. The van der Waals surface area contributed by atoms with Gasteiger partial charge in [0.25, 0.3) is 0 Å². The van der Waals surface area contributed by atoms with Crippen LogP contribution in [0.1, 0.15) is 37.0 Å². The van der Waals surface area contributed by atoms with Gasteiger partial charge in [0.2, 0.25) is 5.91 Å². The first-order valence-electron chi connectivity index (χ1n) is 12.4. The van der Waals surface area contributed by atoms with E-state index in [2.05, 4.69) is 22.4 Å². The van der Waals surface area contributed by atoms with Gasteiger partial charge in [-0.15, -0.1) is 21.5 Å². The Morgan fingerprint density at radius 2 is 1.79 bits per heavy atom. The van der Waals surface area contributed by atoms with Crippen LogP contribution in [-0.4, -0.2) is 46.1 Å². The molecular weight excluding hydrogens is 520 g/mol. The van der Waals surface area contributed by atoms with E-state index < -0.39 is 5.97 Å². The van der Waals surface area contributed by atoms with Crippen molar-refractivity contribution in [3.05, 3.63) is 65.5 Å². The zero-order valence-electron chi connectivity index (χ0n) is 21.6. The average Bonchev–Trinajstić information content (AvgIpc) is 3.56. The summed E-state index contributed by atoms with van der Waals surface area (Å²) in [4.78, 5) is 25.4. The van der Waals surface area contributed by atoms with Crippen LogP contribution in [0.15, 0.2) is 65.1 Å². The van der Waals surface area contributed by atoms with Crippen LogP contribution in [0.25, 0.3) is 22.5 Å². The molecule has 0 saturated carbocycles. The SMILES string of the molecule is CCCCOc1ccc(-c2nnc(SCC(=O)Nc3scc(-c4ccccc4)c3C(=O)OC)n2CC)cc1. The molecule has 4 rings (SSSR count). The molecular formula is C28H30N4O4S2. The lowest BCUT2D eigenvalue weighted by atomic mass is 10.0. The number of hydrogen-bond acceptors (Lipinski definition) is 8. The number of rotatable bonds is 12. The van der Waals surface area contributed by atoms with Gasteiger partial charge < -0.3 is 19.4 Å². The third kappa shape index (κ3) is 6.43. The second-order valence-corrected chi connectivity index (χ2v) is 10.1. The van der Waals surface area contributed by atoms with Crippen molar-refractivity contribution in [3.63, 3.8) is 0 Å². The van der Waals surface area contributed by atoms with Crippen molar-refractivity contribution >= 4 is 40.0 Å². The summed E-state index contributed by atoms with van der Waals surface area (Å²) in [6, 6.07) is 17.3. The number of nitrogens with one attached hydrogen (secondary N) is 1. The van der Waals surface area contributed by atoms with Gasteiger partial charge in [0, 0.05) is 23.1 Å². The molecule has 4 aromatic rings. The van der Waals surface area contributed by atoms with Crippen LogP contribution < -0.4 is 10.1 Å². The van der Waals surface area contributed by atoms with E-state index in [1.165, 1.54) is 30.2 Å². The largest absolute Gasteiger partial charge is 0.494 e. The molecule has 0 fully saturated rings. The summed E-state index contributed by atoms with van der Waals surface area (Å²) in [5.74, 6) is 0.926. The van der Waals surface area contributed by atoms with Crippen LogP contribution in [0.3, 0.4) is 0 Å². The van der Waals surface area contributed by atoms with E-state index in [0.717, 1.165) is 41.1 Å². The molecule has 198 valence electrons. The van der Waals surface area contributed by atoms with Crippen LogP contribution in [0.5, 0.6) is 5.75 Å². The Bertz CT molecular complexity index is 1370. The number of thiophene rings is 1. The van der Waals surface area contributed by atoms with Crippen molar-refractivity contribution in [1.29, 1.82) is 0 Å². The van der Waals surface area contributed by atoms with Crippen molar-refractivity contribution in [2.45, 2.75) is 38.4 Å². The first-order valence-corrected chi connectivity index (χ1v) is 14.3. The standard InChI is InChI=1S/C28H30N4O4S2/c1-4-6-16-36-21-14-12-20(13-15-21)25-30-31-28(32(25)5-2)38-18-23(33)29-26-24(27(34)35-3)22(17-37-26)19-10-8-7-9-11-19/h7-15,17H,4-6,16,18H2,1-3H3,(H,29,33). The second-order valence-electron chi connectivity index (χ2n) is 8.32. The van der Waals surface area contributed by atoms with Crippen molar-refractivity contribution < 1.29 is 19.1 Å². The van der Waals surface area contributed by atoms with Gasteiger partial charge in [-0.3, -0.25) is 4.79 Å². The molecule has 0 unspecified atom stereocenters. The van der Waals surface area contributed by atoms with E-state index in [9.17, 15) is 9.59 Å². The molecule has 38 heavy (non-hydrogen) atoms. The third-order valence-electron chi connectivity index (χ3n) is 5.76. The number of esters is 1. The summed E-state index contributed by atoms with van der Waals surface area (Å²) in [6.45, 7) is 5.49. The zero-order valence-corrected chi connectivity index (χ0v) is 23.2. The molecule has 2 aromatic carbocycles. The molecule has 0 aliphatic rings. The van der Waals surface area contributed by atoms with Gasteiger partial charge in [-0.05, 0) is 43.2 Å². The first kappa shape index (κ1) is 27.4. The number of aromatic nitrogens is 3. The molecule has 0 aliphatic heterocycles. The second kappa shape index (κ2) is 13.3. The molecule has 0 radical (unpaired) electrons. The van der Waals surface area contributed by atoms with Crippen molar-refractivity contribution in [2.24, 2.45) is 0 Å². The van der Waals surface area contributed by atoms with Crippen LogP contribution in [0.4, 0.5) is 5.00 Å². The molecule has 0 aliphatic carbocycles. The first-order chi connectivity index (χ1) is 18.5. The minimum Gasteiger partial charge on any atom is -0.494 e. The average molecular weight is 551 g/mol. The number of thioether (sulfide) groups is 1. The van der Waals surface area contributed by atoms with Gasteiger partial charge in [0.15, 0.2) is 11.0 Å². The topological polar surface area (TPSA) is 95.3 Å². The lowest BCUT2D eigenvalue weighted by Crippen LogP contribution is -2.16. The molecule has 1 amide bonds. The number of ether oxygens (including phenoxy) is 2. The summed E-state index contributed by atoms with van der Waals surface area (Å²) in [5.41, 5.74) is 2.88. The van der Waals surface area contributed by atoms with Crippen molar-refractivity contribution in [3.8, 4) is 28.3 Å². The number of nitrogens with zero attached hydrogens (tertiary/aromatic N) is 3. The predicted octanol–water partition coefficient (Wildman–Crippen LogP) is 6.39. The van der Waals surface area contributed by atoms with E-state index in [-0.39, 0.29) is 11.7 Å². The number of benzene rings is 2. The summed E-state index contributed by atoms with van der Waals surface area (Å²) in [5, 5.41) is 14.5. The fourth-order valence-electron chi connectivity index (χ4n) is 3.81. The summed E-state index contributed by atoms with van der Waals surface area (Å²) < 4.78 is 12.7. The number of hydrogen-bond donors (Lipinski definition) is 1. The van der Waals surface area contributed by atoms with Gasteiger partial charge in [0.1, 0.15) is 16.3 Å². The maximum absolute atomic E-state index is 12.9. The Morgan fingerprint density at radius 3 is 2.47 bits per heavy atom. The highest BCUT2D eigenvalue weighted by Gasteiger charge is 2.23. The highest BCUT2D eigenvalue weighted by atomic mass is 32.2. The Hall–Kier alpha value is -3.63. The highest BCUT2D eigenvalue weighted by Crippen LogP contribution is 2.36. The number of unbranched alkanes of at least 4 members (excludes halogenated alkanes) is 1. The van der Waals surface area contributed by atoms with Crippen LogP contribution >= 0.6 is 23.1 Å². The summed E-state index contributed by atoms with van der Waals surface area (Å²) in [6.07, 6.45) is 2.11. The van der Waals surface area contributed by atoms with Crippen molar-refractivity contribution in [1.82, 2.24) is 14.8 Å². The Balaban J connectivity index is 1.44. The third-order valence-corrected chi connectivity index (χ3v) is 7.63. The minimum atomic E-state index is -0.495. The highest BCUT2D eigenvalue weighted by molar-refractivity contribution is 7.99. The minimum absolute atomic E-state index is 0.113. The quantitative estimate of drug-likeness (QED) is 0.124. The fraction of sp³-hybridized carbons (Fsp3) is 0.286. The molecule has 1 N–H and O–H groups in total. The van der Waals surface area contributed by atoms with Crippen LogP contribution in [0, 0.1) is 0 Å². The summed E-state index contributed by atoms with van der Waals surface area (Å²) >= 11 is 2.59. The number of amides is 1. The van der Waals surface area contributed by atoms with Gasteiger partial charge in [-0.2, -0.15) is 0 Å². The molecule has 8 nitrogen and oxygen atoms in total. The maximum atomic E-state index is 12.9. The van der Waals surface area contributed by atoms with Crippen LogP contribution in [-0.2, 0) is 16.1 Å². The maximum Gasteiger partial charge on any atom is 0.341 e. The monoisotopic (exact) mass is 550 g/mol. The lowest BCUT2D eigenvalue weighted by Gasteiger charge is -2.09. The van der Waals surface area contributed by atoms with E-state index in [0.29, 0.717) is 28.9 Å². The Morgan fingerprint density at radius 1 is 1.03 bits per heavy atom. The molecule has 0 atom stereocenters. The Labute approximate surface area is 230 Å². The molecule has 2 aromatic heterocycles. The number of carbonyl (C=O) groups is 2. The zero-order chi connectivity index (χ0) is 26.9. The van der Waals surface area contributed by atoms with Gasteiger partial charge in [-0.1, -0.05) is 55.4 Å². The molecule has 10 heteroatoms. The van der Waals surface area contributed by atoms with E-state index in [4.69, 9.17) is 9.47 Å².